The molecule has 0 radical (unpaired) electrons. The molecule has 0 aromatic rings. The molecule has 1 rings (SSSR count). The Bertz CT molecular complexity index is 817. The van der Waals surface area contributed by atoms with Crippen molar-refractivity contribution in [1.82, 2.24) is 5.32 Å². The van der Waals surface area contributed by atoms with Crippen LogP contribution < -0.4 is 5.32 Å². The maximum atomic E-state index is 13.8. The molecule has 1 saturated heterocycles. The summed E-state index contributed by atoms with van der Waals surface area (Å²) in [6.45, 7) is -1.35. The Hall–Kier alpha value is -1.78. The van der Waals surface area contributed by atoms with Gasteiger partial charge in [0.25, 0.3) is 5.91 Å². The lowest BCUT2D eigenvalue weighted by Crippen LogP contribution is -2.74. The molecule has 5 N–H and O–H groups in total. The molecule has 0 aromatic carbocycles. The van der Waals surface area contributed by atoms with E-state index < -0.39 is 84.9 Å². The monoisotopic (exact) mass is 575 g/mol. The maximum absolute atomic E-state index is 13.8. The highest BCUT2D eigenvalue weighted by molar-refractivity contribution is 5.85. The average molecular weight is 575 g/mol. The van der Waals surface area contributed by atoms with Gasteiger partial charge >= 0.3 is 41.7 Å². The first-order valence-electron chi connectivity index (χ1n) is 8.63. The van der Waals surface area contributed by atoms with E-state index in [0.29, 0.717) is 5.32 Å². The van der Waals surface area contributed by atoms with Gasteiger partial charge in [0.15, 0.2) is 6.23 Å². The van der Waals surface area contributed by atoms with Crippen LogP contribution in [0, 0.1) is 0 Å². The molecule has 0 spiro atoms. The van der Waals surface area contributed by atoms with Crippen molar-refractivity contribution in [2.45, 2.75) is 72.4 Å². The molecule has 0 aromatic heterocycles. The Morgan fingerprint density at radius 3 is 1.42 bits per heavy atom. The number of carbonyl (C=O) groups is 1. The van der Waals surface area contributed by atoms with Crippen LogP contribution >= 0.6 is 0 Å². The summed E-state index contributed by atoms with van der Waals surface area (Å²) in [6.07, 6.45) is -20.4. The first kappa shape index (κ1) is 32.2. The van der Waals surface area contributed by atoms with Gasteiger partial charge in [-0.2, -0.15) is 65.9 Å². The smallest absolute Gasteiger partial charge is 0.394 e. The number of carbonyl (C=O) groups excluding carboxylic acids is 1. The SMILES string of the molecule is O=C(N[C@@H]1O[C@H](CO)[C@H](O)[C@H](O)[C@H]1O)C(F)(F)C(F)(F)C(F)(F)C(F)(F)C(F)(F)C(F)(F)C(F)(F)F. The Balaban J connectivity index is 3.42. The summed E-state index contributed by atoms with van der Waals surface area (Å²) in [6, 6.07) is 0. The quantitative estimate of drug-likeness (QED) is 0.279. The Morgan fingerprint density at radius 2 is 1.03 bits per heavy atom. The molecule has 0 aliphatic carbocycles. The zero-order chi connectivity index (χ0) is 29.1. The second kappa shape index (κ2) is 9.20. The molecule has 36 heavy (non-hydrogen) atoms. The molecule has 1 amide bonds. The molecule has 0 unspecified atom stereocenters. The molecule has 1 fully saturated rings. The lowest BCUT2D eigenvalue weighted by molar-refractivity contribution is -0.449. The van der Waals surface area contributed by atoms with Crippen molar-refractivity contribution in [1.29, 1.82) is 0 Å². The molecule has 7 nitrogen and oxygen atoms in total. The number of rotatable bonds is 8. The normalized spacial score (nSPS) is 27.7. The number of ether oxygens (including phenoxy) is 1. The van der Waals surface area contributed by atoms with Gasteiger partial charge in [-0.1, -0.05) is 0 Å². The van der Waals surface area contributed by atoms with E-state index in [2.05, 4.69) is 4.74 Å². The van der Waals surface area contributed by atoms with Crippen LogP contribution in [0.4, 0.5) is 65.9 Å². The highest BCUT2D eigenvalue weighted by Crippen LogP contribution is 2.62. The number of hydrogen-bond acceptors (Lipinski definition) is 6. The van der Waals surface area contributed by atoms with Crippen LogP contribution in [0.5, 0.6) is 0 Å². The van der Waals surface area contributed by atoms with Gasteiger partial charge in [-0.15, -0.1) is 0 Å². The number of nitrogens with one attached hydrogen (secondary N) is 1. The molecular formula is C14H12F15NO6. The van der Waals surface area contributed by atoms with Crippen LogP contribution in [-0.2, 0) is 9.53 Å². The summed E-state index contributed by atoms with van der Waals surface area (Å²) in [5.41, 5.74) is 0. The van der Waals surface area contributed by atoms with Crippen LogP contribution in [0.1, 0.15) is 0 Å². The van der Waals surface area contributed by atoms with Crippen LogP contribution in [0.2, 0.25) is 0 Å². The molecule has 5 atom stereocenters. The lowest BCUT2D eigenvalue weighted by Gasteiger charge is -2.42. The fourth-order valence-corrected chi connectivity index (χ4v) is 2.55. The standard InChI is InChI=1S/C14H12F15NO6/c15-8(16,7(35)30-6-5(34)4(33)3(32)2(1-31)36-6)9(17,18)10(19,20)11(21,22)12(23,24)13(25,26)14(27,28)29/h2-6,31-34H,1H2,(H,30,35)/t2-,3+,4+,5-,6-/m1/s1. The van der Waals surface area contributed by atoms with Crippen LogP contribution in [0.15, 0.2) is 0 Å². The van der Waals surface area contributed by atoms with Crippen molar-refractivity contribution in [3.63, 3.8) is 0 Å². The molecule has 22 heteroatoms. The van der Waals surface area contributed by atoms with Gasteiger partial charge in [0.05, 0.1) is 6.61 Å². The Labute approximate surface area is 187 Å². The number of halogens is 15. The van der Waals surface area contributed by atoms with E-state index in [1.807, 2.05) is 0 Å². The van der Waals surface area contributed by atoms with Gasteiger partial charge in [0.2, 0.25) is 0 Å². The minimum absolute atomic E-state index is 0.430. The predicted molar refractivity (Wildman–Crippen MR) is 77.6 cm³/mol. The van der Waals surface area contributed by atoms with Crippen LogP contribution in [-0.4, -0.2) is 105 Å². The van der Waals surface area contributed by atoms with E-state index in [-0.39, 0.29) is 0 Å². The number of amides is 1. The van der Waals surface area contributed by atoms with Gasteiger partial charge < -0.3 is 30.5 Å². The summed E-state index contributed by atoms with van der Waals surface area (Å²) >= 11 is 0. The Morgan fingerprint density at radius 1 is 0.639 bits per heavy atom. The minimum Gasteiger partial charge on any atom is -0.394 e. The Kier molecular flexibility index (Phi) is 8.24. The first-order valence-corrected chi connectivity index (χ1v) is 8.63. The van der Waals surface area contributed by atoms with Gasteiger partial charge in [-0.3, -0.25) is 4.79 Å². The molecule has 1 heterocycles. The molecule has 214 valence electrons. The van der Waals surface area contributed by atoms with E-state index in [1.54, 1.807) is 0 Å². The third-order valence-corrected chi connectivity index (χ3v) is 4.78. The third-order valence-electron chi connectivity index (χ3n) is 4.78. The number of alkyl halides is 15. The van der Waals surface area contributed by atoms with Crippen molar-refractivity contribution >= 4 is 5.91 Å². The fraction of sp³-hybridized carbons (Fsp3) is 0.929. The van der Waals surface area contributed by atoms with Gasteiger partial charge in [-0.05, 0) is 0 Å². The predicted octanol–water partition coefficient (Wildman–Crippen LogP) is 1.28. The van der Waals surface area contributed by atoms with Crippen molar-refractivity contribution in [3.8, 4) is 0 Å². The topological polar surface area (TPSA) is 119 Å². The minimum atomic E-state index is -8.60. The van der Waals surface area contributed by atoms with Crippen LogP contribution in [0.25, 0.3) is 0 Å². The molecular weight excluding hydrogens is 563 g/mol. The zero-order valence-electron chi connectivity index (χ0n) is 16.4. The molecule has 0 saturated carbocycles. The number of aliphatic hydroxyl groups is 4. The summed E-state index contributed by atoms with van der Waals surface area (Å²) in [5, 5.41) is 37.5. The summed E-state index contributed by atoms with van der Waals surface area (Å²) in [4.78, 5) is 11.5. The average Bonchev–Trinajstić information content (AvgIpc) is 2.72. The lowest BCUT2D eigenvalue weighted by atomic mass is 9.90. The fourth-order valence-electron chi connectivity index (χ4n) is 2.55. The summed E-state index contributed by atoms with van der Waals surface area (Å²) in [5.74, 6) is -53.2. The van der Waals surface area contributed by atoms with E-state index >= 15 is 0 Å². The third kappa shape index (κ3) is 4.43. The van der Waals surface area contributed by atoms with Crippen molar-refractivity contribution < 1.29 is 95.8 Å². The van der Waals surface area contributed by atoms with Gasteiger partial charge in [0.1, 0.15) is 24.4 Å². The van der Waals surface area contributed by atoms with Gasteiger partial charge in [-0.25, -0.2) is 0 Å². The molecule has 1 aliphatic heterocycles. The molecule has 1 aliphatic rings. The van der Waals surface area contributed by atoms with Crippen LogP contribution in [0.3, 0.4) is 0 Å². The highest BCUT2D eigenvalue weighted by Gasteiger charge is 2.94. The second-order valence-electron chi connectivity index (χ2n) is 7.17. The zero-order valence-corrected chi connectivity index (χ0v) is 16.4. The second-order valence-corrected chi connectivity index (χ2v) is 7.17. The summed E-state index contributed by atoms with van der Waals surface area (Å²) in [7, 11) is 0. The number of hydrogen-bond donors (Lipinski definition) is 5. The largest absolute Gasteiger partial charge is 0.460 e. The van der Waals surface area contributed by atoms with Gasteiger partial charge in [0, 0.05) is 0 Å². The number of aliphatic hydroxyl groups excluding tert-OH is 4. The highest BCUT2D eigenvalue weighted by atomic mass is 19.4. The van der Waals surface area contributed by atoms with E-state index in [4.69, 9.17) is 5.11 Å². The first-order chi connectivity index (χ1) is 15.7. The van der Waals surface area contributed by atoms with Crippen molar-refractivity contribution in [2.75, 3.05) is 6.61 Å². The maximum Gasteiger partial charge on any atom is 0.460 e. The summed E-state index contributed by atoms with van der Waals surface area (Å²) < 4.78 is 201. The van der Waals surface area contributed by atoms with E-state index in [1.165, 1.54) is 0 Å². The van der Waals surface area contributed by atoms with E-state index in [0.717, 1.165) is 0 Å². The van der Waals surface area contributed by atoms with Crippen molar-refractivity contribution in [3.05, 3.63) is 0 Å². The van der Waals surface area contributed by atoms with E-state index in [9.17, 15) is 86.0 Å². The van der Waals surface area contributed by atoms with Crippen molar-refractivity contribution in [2.24, 2.45) is 0 Å². The molecule has 0 bridgehead atoms.